The Balaban J connectivity index is 1.04. The van der Waals surface area contributed by atoms with E-state index in [1.807, 2.05) is 0 Å². The Morgan fingerprint density at radius 3 is 2.55 bits per heavy atom. The number of nitrogens with zero attached hydrogens (tertiary/aromatic N) is 2. The molecule has 8 heteroatoms. The van der Waals surface area contributed by atoms with Crippen LogP contribution in [0.2, 0.25) is 0 Å². The van der Waals surface area contributed by atoms with Crippen LogP contribution in [0.1, 0.15) is 64.2 Å². The number of carbonyl (C=O) groups excluding carboxylic acids is 3. The fourth-order valence-corrected chi connectivity index (χ4v) is 7.43. The van der Waals surface area contributed by atoms with Crippen LogP contribution < -0.4 is 5.32 Å². The molecule has 6 aliphatic rings. The van der Waals surface area contributed by atoms with E-state index in [-0.39, 0.29) is 35.7 Å². The highest BCUT2D eigenvalue weighted by atomic mass is 16.5. The fourth-order valence-electron chi connectivity index (χ4n) is 7.43. The molecule has 6 rings (SSSR count). The van der Waals surface area contributed by atoms with E-state index in [2.05, 4.69) is 10.2 Å². The molecule has 6 atom stereocenters. The fraction of sp³-hybridized carbons (Fsp3) is 0.880. The van der Waals surface area contributed by atoms with Crippen LogP contribution in [0, 0.1) is 17.3 Å². The van der Waals surface area contributed by atoms with E-state index in [1.165, 1.54) is 38.8 Å². The van der Waals surface area contributed by atoms with Crippen molar-refractivity contribution in [3.8, 4) is 0 Å². The van der Waals surface area contributed by atoms with Crippen molar-refractivity contribution in [1.82, 2.24) is 15.1 Å². The molecule has 2 saturated carbocycles. The van der Waals surface area contributed by atoms with Gasteiger partial charge in [0.15, 0.2) is 0 Å². The van der Waals surface area contributed by atoms with E-state index < -0.39 is 6.04 Å². The van der Waals surface area contributed by atoms with Crippen molar-refractivity contribution in [2.24, 2.45) is 17.3 Å². The number of hydrogen-bond donors (Lipinski definition) is 1. The summed E-state index contributed by atoms with van der Waals surface area (Å²) < 4.78 is 12.2. The minimum atomic E-state index is -0.483. The smallest absolute Gasteiger partial charge is 0.249 e. The highest BCUT2D eigenvalue weighted by Gasteiger charge is 2.49. The van der Waals surface area contributed by atoms with Gasteiger partial charge in [-0.15, -0.1) is 0 Å². The third kappa shape index (κ3) is 4.02. The van der Waals surface area contributed by atoms with E-state index in [4.69, 9.17) is 9.47 Å². The Kier molecular flexibility index (Phi) is 5.74. The third-order valence-electron chi connectivity index (χ3n) is 9.48. The van der Waals surface area contributed by atoms with Crippen LogP contribution in [0.15, 0.2) is 0 Å². The van der Waals surface area contributed by atoms with E-state index in [0.29, 0.717) is 36.9 Å². The van der Waals surface area contributed by atoms with Gasteiger partial charge in [-0.05, 0) is 76.8 Å². The molecular formula is C25H37N3O5. The molecule has 0 aromatic carbocycles. The maximum atomic E-state index is 13.1. The van der Waals surface area contributed by atoms with Crippen molar-refractivity contribution < 1.29 is 23.9 Å². The maximum absolute atomic E-state index is 13.1. The molecule has 4 heterocycles. The lowest BCUT2D eigenvalue weighted by Gasteiger charge is -2.49. The summed E-state index contributed by atoms with van der Waals surface area (Å²) in [6, 6.07) is 0.0501. The van der Waals surface area contributed by atoms with Crippen molar-refractivity contribution in [3.63, 3.8) is 0 Å². The molecule has 0 aromatic heterocycles. The minimum absolute atomic E-state index is 0.0117. The van der Waals surface area contributed by atoms with Crippen molar-refractivity contribution in [2.45, 2.75) is 88.5 Å². The molecule has 2 aliphatic carbocycles. The van der Waals surface area contributed by atoms with Crippen molar-refractivity contribution in [2.75, 3.05) is 32.8 Å². The highest BCUT2D eigenvalue weighted by Crippen LogP contribution is 2.43. The van der Waals surface area contributed by atoms with E-state index in [9.17, 15) is 14.4 Å². The lowest BCUT2D eigenvalue weighted by atomic mass is 9.76. The lowest BCUT2D eigenvalue weighted by molar-refractivity contribution is -0.149. The van der Waals surface area contributed by atoms with Gasteiger partial charge in [0.1, 0.15) is 6.04 Å². The largest absolute Gasteiger partial charge is 0.380 e. The minimum Gasteiger partial charge on any atom is -0.380 e. The number of piperidine rings is 2. The summed E-state index contributed by atoms with van der Waals surface area (Å²) in [5, 5.41) is 2.41. The van der Waals surface area contributed by atoms with Crippen LogP contribution in [0.3, 0.4) is 0 Å². The van der Waals surface area contributed by atoms with Gasteiger partial charge in [-0.1, -0.05) is 0 Å². The molecule has 1 spiro atoms. The first-order valence-electron chi connectivity index (χ1n) is 13.1. The van der Waals surface area contributed by atoms with Gasteiger partial charge in [0.05, 0.1) is 25.4 Å². The standard InChI is InChI=1S/C25H37N3O5/c29-22-7-6-20(23(30)26-22)28-13-16-12-17(4-5-18(16)24(28)31)33-21-3-1-2-19(21)27-10-8-25(9-11-27)14-32-15-25/h16-21H,1-15H2,(H,26,29,30)/t16?,17?,18?,19-,20?,21+/m0/s1. The van der Waals surface area contributed by atoms with Crippen molar-refractivity contribution in [1.29, 1.82) is 0 Å². The predicted molar refractivity (Wildman–Crippen MR) is 119 cm³/mol. The number of hydrogen-bond acceptors (Lipinski definition) is 6. The molecule has 4 aliphatic heterocycles. The number of amides is 3. The topological polar surface area (TPSA) is 88.2 Å². The highest BCUT2D eigenvalue weighted by molar-refractivity contribution is 6.02. The molecule has 182 valence electrons. The Morgan fingerprint density at radius 2 is 1.82 bits per heavy atom. The summed E-state index contributed by atoms with van der Waals surface area (Å²) in [5.41, 5.74) is 0.466. The lowest BCUT2D eigenvalue weighted by Crippen LogP contribution is -2.54. The first-order chi connectivity index (χ1) is 16.0. The summed E-state index contributed by atoms with van der Waals surface area (Å²) in [5.74, 6) is -0.164. The monoisotopic (exact) mass is 459 g/mol. The SMILES string of the molecule is O=C1CCC(N2CC3CC(O[C@@H]4CCC[C@@H]4N4CCC5(CC4)COC5)CCC3C2=O)C(=O)N1. The Hall–Kier alpha value is -1.51. The number of ether oxygens (including phenoxy) is 2. The molecule has 4 unspecified atom stereocenters. The van der Waals surface area contributed by atoms with E-state index >= 15 is 0 Å². The van der Waals surface area contributed by atoms with Gasteiger partial charge < -0.3 is 14.4 Å². The predicted octanol–water partition coefficient (Wildman–Crippen LogP) is 1.47. The van der Waals surface area contributed by atoms with Gasteiger partial charge in [-0.2, -0.15) is 0 Å². The number of nitrogens with one attached hydrogen (secondary N) is 1. The summed E-state index contributed by atoms with van der Waals surface area (Å²) in [6.07, 6.45) is 10.1. The van der Waals surface area contributed by atoms with Gasteiger partial charge in [-0.25, -0.2) is 0 Å². The quantitative estimate of drug-likeness (QED) is 0.641. The molecule has 0 bridgehead atoms. The molecule has 0 aromatic rings. The zero-order valence-corrected chi connectivity index (χ0v) is 19.5. The molecule has 8 nitrogen and oxygen atoms in total. The molecule has 3 amide bonds. The van der Waals surface area contributed by atoms with Crippen LogP contribution in [-0.4, -0.2) is 84.7 Å². The third-order valence-corrected chi connectivity index (χ3v) is 9.48. The maximum Gasteiger partial charge on any atom is 0.249 e. The van der Waals surface area contributed by atoms with Crippen LogP contribution in [-0.2, 0) is 23.9 Å². The molecule has 0 radical (unpaired) electrons. The van der Waals surface area contributed by atoms with Crippen LogP contribution in [0.4, 0.5) is 0 Å². The second kappa shape index (κ2) is 8.61. The molecule has 1 N–H and O–H groups in total. The Bertz CT molecular complexity index is 804. The summed E-state index contributed by atoms with van der Waals surface area (Å²) in [4.78, 5) is 41.3. The van der Waals surface area contributed by atoms with Crippen LogP contribution in [0.25, 0.3) is 0 Å². The first-order valence-corrected chi connectivity index (χ1v) is 13.1. The Morgan fingerprint density at radius 1 is 1.00 bits per heavy atom. The average molecular weight is 460 g/mol. The van der Waals surface area contributed by atoms with E-state index in [1.54, 1.807) is 4.90 Å². The van der Waals surface area contributed by atoms with Gasteiger partial charge in [0.25, 0.3) is 0 Å². The average Bonchev–Trinajstić information content (AvgIpc) is 3.37. The zero-order valence-electron chi connectivity index (χ0n) is 19.5. The number of carbonyl (C=O) groups is 3. The van der Waals surface area contributed by atoms with Crippen LogP contribution in [0.5, 0.6) is 0 Å². The van der Waals surface area contributed by atoms with Crippen LogP contribution >= 0.6 is 0 Å². The second-order valence-corrected chi connectivity index (χ2v) is 11.5. The molecule has 33 heavy (non-hydrogen) atoms. The molecule has 4 saturated heterocycles. The van der Waals surface area contributed by atoms with Gasteiger partial charge in [0, 0.05) is 30.3 Å². The van der Waals surface area contributed by atoms with Gasteiger partial charge >= 0.3 is 0 Å². The van der Waals surface area contributed by atoms with Crippen molar-refractivity contribution >= 4 is 17.7 Å². The number of imide groups is 1. The van der Waals surface area contributed by atoms with Gasteiger partial charge in [-0.3, -0.25) is 24.6 Å². The van der Waals surface area contributed by atoms with Gasteiger partial charge in [0.2, 0.25) is 17.7 Å². The first kappa shape index (κ1) is 22.0. The van der Waals surface area contributed by atoms with Crippen molar-refractivity contribution in [3.05, 3.63) is 0 Å². The number of rotatable bonds is 4. The summed E-state index contributed by atoms with van der Waals surface area (Å²) >= 11 is 0. The molecular weight excluding hydrogens is 422 g/mol. The second-order valence-electron chi connectivity index (χ2n) is 11.5. The normalized spacial score (nSPS) is 41.2. The number of fused-ring (bicyclic) bond motifs is 1. The summed E-state index contributed by atoms with van der Waals surface area (Å²) in [7, 11) is 0. The zero-order chi connectivity index (χ0) is 22.6. The van der Waals surface area contributed by atoms with E-state index in [0.717, 1.165) is 38.9 Å². The Labute approximate surface area is 195 Å². The number of likely N-dealkylation sites (tertiary alicyclic amines) is 2. The summed E-state index contributed by atoms with van der Waals surface area (Å²) in [6.45, 7) is 4.85. The molecule has 6 fully saturated rings.